The standard InChI is InChI=1S/C28H21BN2O2S/c1-28(2)16-34-27(31-28)17-11-12-21(30-15-17)18-13-24-26-25(14-18)33-23-10-6-4-8-20(23)29(26)19-7-3-5-9-22(19)32-24/h3-15H,16H2,1-2H3. The number of hydrogen-bond acceptors (Lipinski definition) is 5. The molecule has 0 bridgehead atoms. The summed E-state index contributed by atoms with van der Waals surface area (Å²) in [5.74, 6) is 4.43. The Hall–Kier alpha value is -3.51. The lowest BCUT2D eigenvalue weighted by Gasteiger charge is -2.33. The van der Waals surface area contributed by atoms with Crippen LogP contribution in [0.3, 0.4) is 0 Å². The van der Waals surface area contributed by atoms with Crippen LogP contribution in [0.4, 0.5) is 0 Å². The molecule has 0 radical (unpaired) electrons. The maximum Gasteiger partial charge on any atom is 0.260 e. The molecule has 164 valence electrons. The molecule has 0 spiro atoms. The Morgan fingerprint density at radius 2 is 1.44 bits per heavy atom. The maximum absolute atomic E-state index is 6.40. The van der Waals surface area contributed by atoms with E-state index in [4.69, 9.17) is 19.5 Å². The van der Waals surface area contributed by atoms with Crippen LogP contribution in [0.1, 0.15) is 19.4 Å². The quantitative estimate of drug-likeness (QED) is 0.350. The van der Waals surface area contributed by atoms with Crippen molar-refractivity contribution in [1.29, 1.82) is 0 Å². The maximum atomic E-state index is 6.40. The number of benzene rings is 3. The van der Waals surface area contributed by atoms with Crippen molar-refractivity contribution < 1.29 is 9.47 Å². The fourth-order valence-corrected chi connectivity index (χ4v) is 6.12. The Morgan fingerprint density at radius 3 is 2.00 bits per heavy atom. The highest BCUT2D eigenvalue weighted by molar-refractivity contribution is 8.14. The molecule has 6 heteroatoms. The molecule has 0 amide bonds. The van der Waals surface area contributed by atoms with Gasteiger partial charge in [-0.25, -0.2) is 0 Å². The first-order valence-corrected chi connectivity index (χ1v) is 12.5. The lowest BCUT2D eigenvalue weighted by atomic mass is 9.35. The number of fused-ring (bicyclic) bond motifs is 4. The van der Waals surface area contributed by atoms with Gasteiger partial charge in [0, 0.05) is 28.5 Å². The van der Waals surface area contributed by atoms with E-state index in [1.807, 2.05) is 30.5 Å². The van der Waals surface area contributed by atoms with Crippen LogP contribution in [0, 0.1) is 0 Å². The summed E-state index contributed by atoms with van der Waals surface area (Å²) in [6.45, 7) is 4.42. The lowest BCUT2D eigenvalue weighted by molar-refractivity contribution is 0.465. The van der Waals surface area contributed by atoms with Crippen LogP contribution in [-0.2, 0) is 0 Å². The Labute approximate surface area is 203 Å². The molecule has 4 nitrogen and oxygen atoms in total. The highest BCUT2D eigenvalue weighted by Crippen LogP contribution is 2.38. The Bertz CT molecular complexity index is 1430. The van der Waals surface area contributed by atoms with Gasteiger partial charge in [-0.15, -0.1) is 11.8 Å². The van der Waals surface area contributed by atoms with E-state index >= 15 is 0 Å². The minimum absolute atomic E-state index is 0.0162. The zero-order chi connectivity index (χ0) is 22.9. The third-order valence-electron chi connectivity index (χ3n) is 6.57. The largest absolute Gasteiger partial charge is 0.458 e. The Balaban J connectivity index is 1.34. The molecule has 7 rings (SSSR count). The molecular weight excluding hydrogens is 439 g/mol. The van der Waals surface area contributed by atoms with Crippen LogP contribution in [0.2, 0.25) is 0 Å². The number of rotatable bonds is 2. The van der Waals surface area contributed by atoms with Crippen LogP contribution >= 0.6 is 11.8 Å². The average Bonchev–Trinajstić information content (AvgIpc) is 3.23. The van der Waals surface area contributed by atoms with E-state index < -0.39 is 0 Å². The molecule has 0 N–H and O–H groups in total. The summed E-state index contributed by atoms with van der Waals surface area (Å²) in [7, 11) is 0. The summed E-state index contributed by atoms with van der Waals surface area (Å²) in [6, 6.07) is 24.9. The van der Waals surface area contributed by atoms with E-state index in [2.05, 4.69) is 62.4 Å². The normalized spacial score (nSPS) is 16.5. The fraction of sp³-hybridized carbons (Fsp3) is 0.143. The number of hydrogen-bond donors (Lipinski definition) is 0. The van der Waals surface area contributed by atoms with Crippen molar-refractivity contribution in [3.05, 3.63) is 84.6 Å². The van der Waals surface area contributed by atoms with E-state index in [1.165, 1.54) is 10.9 Å². The number of para-hydroxylation sites is 2. The van der Waals surface area contributed by atoms with Crippen molar-refractivity contribution in [2.75, 3.05) is 5.75 Å². The molecule has 4 aromatic rings. The lowest BCUT2D eigenvalue weighted by Crippen LogP contribution is -2.57. The van der Waals surface area contributed by atoms with Gasteiger partial charge in [0.05, 0.1) is 16.3 Å². The molecule has 3 aliphatic heterocycles. The number of aliphatic imine (C=N–C) groups is 1. The monoisotopic (exact) mass is 460 g/mol. The Morgan fingerprint density at radius 1 is 0.794 bits per heavy atom. The van der Waals surface area contributed by atoms with Crippen molar-refractivity contribution >= 4 is 39.9 Å². The number of pyridine rings is 1. The van der Waals surface area contributed by atoms with Crippen molar-refractivity contribution in [3.63, 3.8) is 0 Å². The highest BCUT2D eigenvalue weighted by atomic mass is 32.2. The molecule has 4 heterocycles. The van der Waals surface area contributed by atoms with Crippen molar-refractivity contribution in [3.8, 4) is 34.3 Å². The molecule has 0 saturated heterocycles. The van der Waals surface area contributed by atoms with Gasteiger partial charge in [-0.1, -0.05) is 36.4 Å². The van der Waals surface area contributed by atoms with Gasteiger partial charge in [-0.05, 0) is 61.2 Å². The minimum Gasteiger partial charge on any atom is -0.458 e. The summed E-state index contributed by atoms with van der Waals surface area (Å²) in [6.07, 6.45) is 1.92. The van der Waals surface area contributed by atoms with Gasteiger partial charge in [0.1, 0.15) is 23.0 Å². The SMILES string of the molecule is CC1(C)CSC(c2ccc(-c3cc4c5c(c3)Oc3ccccc3B5c3ccccc3O4)nc2)=N1. The van der Waals surface area contributed by atoms with E-state index in [0.717, 1.165) is 56.1 Å². The molecular formula is C28H21BN2O2S. The van der Waals surface area contributed by atoms with E-state index in [1.54, 1.807) is 11.8 Å². The van der Waals surface area contributed by atoms with Crippen LogP contribution in [0.25, 0.3) is 11.3 Å². The highest BCUT2D eigenvalue weighted by Gasteiger charge is 2.40. The second-order valence-electron chi connectivity index (χ2n) is 9.55. The summed E-state index contributed by atoms with van der Waals surface area (Å²) in [5.41, 5.74) is 6.31. The number of thioether (sulfide) groups is 1. The molecule has 0 unspecified atom stereocenters. The third kappa shape index (κ3) is 3.09. The van der Waals surface area contributed by atoms with E-state index in [9.17, 15) is 0 Å². The van der Waals surface area contributed by atoms with Crippen LogP contribution < -0.4 is 25.9 Å². The number of aromatic nitrogens is 1. The van der Waals surface area contributed by atoms with E-state index in [0.29, 0.717) is 0 Å². The van der Waals surface area contributed by atoms with Crippen LogP contribution in [0.15, 0.2) is 84.0 Å². The van der Waals surface area contributed by atoms with Crippen molar-refractivity contribution in [1.82, 2.24) is 4.98 Å². The summed E-state index contributed by atoms with van der Waals surface area (Å²) in [4.78, 5) is 9.62. The minimum atomic E-state index is -0.0162. The summed E-state index contributed by atoms with van der Waals surface area (Å²) < 4.78 is 12.8. The van der Waals surface area contributed by atoms with Gasteiger partial charge in [-0.3, -0.25) is 9.98 Å². The zero-order valence-electron chi connectivity index (χ0n) is 18.9. The topological polar surface area (TPSA) is 43.7 Å². The smallest absolute Gasteiger partial charge is 0.260 e. The van der Waals surface area contributed by atoms with E-state index in [-0.39, 0.29) is 12.3 Å². The molecule has 0 fully saturated rings. The second-order valence-corrected chi connectivity index (χ2v) is 10.5. The first-order chi connectivity index (χ1) is 16.6. The fourth-order valence-electron chi connectivity index (χ4n) is 4.97. The predicted octanol–water partition coefficient (Wildman–Crippen LogP) is 4.75. The molecule has 0 saturated carbocycles. The van der Waals surface area contributed by atoms with Crippen LogP contribution in [-0.4, -0.2) is 28.0 Å². The second kappa shape index (κ2) is 7.24. The molecule has 1 aromatic heterocycles. The molecule has 0 atom stereocenters. The first kappa shape index (κ1) is 19.9. The van der Waals surface area contributed by atoms with Gasteiger partial charge < -0.3 is 9.47 Å². The first-order valence-electron chi connectivity index (χ1n) is 11.5. The predicted molar refractivity (Wildman–Crippen MR) is 140 cm³/mol. The van der Waals surface area contributed by atoms with Gasteiger partial charge in [0.2, 0.25) is 0 Å². The molecule has 0 aliphatic carbocycles. The van der Waals surface area contributed by atoms with Crippen molar-refractivity contribution in [2.45, 2.75) is 19.4 Å². The summed E-state index contributed by atoms with van der Waals surface area (Å²) in [5, 5.41) is 1.06. The molecule has 34 heavy (non-hydrogen) atoms. The van der Waals surface area contributed by atoms with Gasteiger partial charge in [0.25, 0.3) is 6.71 Å². The van der Waals surface area contributed by atoms with Crippen LogP contribution in [0.5, 0.6) is 23.0 Å². The zero-order valence-corrected chi connectivity index (χ0v) is 19.7. The Kier molecular flexibility index (Phi) is 4.24. The van der Waals surface area contributed by atoms with Gasteiger partial charge in [-0.2, -0.15) is 0 Å². The molecule has 3 aliphatic rings. The van der Waals surface area contributed by atoms with Gasteiger partial charge in [0.15, 0.2) is 0 Å². The molecule has 3 aromatic carbocycles. The van der Waals surface area contributed by atoms with Gasteiger partial charge >= 0.3 is 0 Å². The summed E-state index contributed by atoms with van der Waals surface area (Å²) >= 11 is 1.79. The number of ether oxygens (including phenoxy) is 2. The third-order valence-corrected chi connectivity index (χ3v) is 8.02. The van der Waals surface area contributed by atoms with Crippen molar-refractivity contribution in [2.24, 2.45) is 4.99 Å². The average molecular weight is 460 g/mol. The number of nitrogens with zero attached hydrogens (tertiary/aromatic N) is 2.